The Labute approximate surface area is 104 Å². The molecule has 1 aromatic carbocycles. The van der Waals surface area contributed by atoms with Gasteiger partial charge in [0.25, 0.3) is 0 Å². The molecule has 2 atom stereocenters. The Morgan fingerprint density at radius 1 is 1.28 bits per heavy atom. The molecule has 0 aliphatic carbocycles. The number of nitrogens with one attached hydrogen (secondary N) is 3. The Balaban J connectivity index is 2.19. The van der Waals surface area contributed by atoms with Crippen molar-refractivity contribution in [2.45, 2.75) is 31.7 Å². The van der Waals surface area contributed by atoms with Crippen LogP contribution < -0.4 is 16.2 Å². The van der Waals surface area contributed by atoms with E-state index in [2.05, 4.69) is 16.2 Å². The van der Waals surface area contributed by atoms with Crippen LogP contribution in [0.1, 0.15) is 30.5 Å². The quantitative estimate of drug-likeness (QED) is 0.778. The van der Waals surface area contributed by atoms with E-state index in [4.69, 9.17) is 0 Å². The molecule has 2 unspecified atom stereocenters. The Hall–Kier alpha value is -1.11. The van der Waals surface area contributed by atoms with Crippen LogP contribution >= 0.6 is 0 Å². The molecular formula is C12H16F3N3. The van der Waals surface area contributed by atoms with Crippen molar-refractivity contribution >= 4 is 0 Å². The summed E-state index contributed by atoms with van der Waals surface area (Å²) < 4.78 is 38.6. The van der Waals surface area contributed by atoms with Crippen LogP contribution in [-0.4, -0.2) is 12.7 Å². The molecule has 18 heavy (non-hydrogen) atoms. The molecule has 6 heteroatoms. The molecular weight excluding hydrogens is 243 g/mol. The van der Waals surface area contributed by atoms with E-state index in [0.717, 1.165) is 12.6 Å². The second-order valence-electron chi connectivity index (χ2n) is 4.27. The van der Waals surface area contributed by atoms with Gasteiger partial charge >= 0.3 is 6.18 Å². The summed E-state index contributed by atoms with van der Waals surface area (Å²) in [4.78, 5) is 0. The maximum Gasteiger partial charge on any atom is 0.416 e. The van der Waals surface area contributed by atoms with Crippen molar-refractivity contribution in [1.82, 2.24) is 16.2 Å². The van der Waals surface area contributed by atoms with E-state index in [1.807, 2.05) is 6.92 Å². The molecule has 1 heterocycles. The summed E-state index contributed by atoms with van der Waals surface area (Å²) in [6.45, 7) is 2.73. The number of hydrazine groups is 1. The SMILES string of the molecule is CCNC1CC(c2ccccc2C(F)(F)F)NN1. The summed E-state index contributed by atoms with van der Waals surface area (Å²) in [6, 6.07) is 5.36. The Morgan fingerprint density at radius 3 is 2.67 bits per heavy atom. The van der Waals surface area contributed by atoms with Gasteiger partial charge in [-0.2, -0.15) is 13.2 Å². The Kier molecular flexibility index (Phi) is 3.89. The number of alkyl halides is 3. The maximum atomic E-state index is 12.9. The van der Waals surface area contributed by atoms with Crippen LogP contribution in [0.15, 0.2) is 24.3 Å². The molecule has 1 aliphatic rings. The number of rotatable bonds is 3. The van der Waals surface area contributed by atoms with Gasteiger partial charge in [0, 0.05) is 6.04 Å². The average Bonchev–Trinajstić information content (AvgIpc) is 2.77. The van der Waals surface area contributed by atoms with E-state index < -0.39 is 11.7 Å². The van der Waals surface area contributed by atoms with Crippen molar-refractivity contribution in [3.05, 3.63) is 35.4 Å². The van der Waals surface area contributed by atoms with Gasteiger partial charge < -0.3 is 5.32 Å². The molecule has 1 fully saturated rings. The molecule has 3 nitrogen and oxygen atoms in total. The fraction of sp³-hybridized carbons (Fsp3) is 0.500. The topological polar surface area (TPSA) is 36.1 Å². The zero-order chi connectivity index (χ0) is 13.2. The van der Waals surface area contributed by atoms with Gasteiger partial charge in [0.2, 0.25) is 0 Å². The van der Waals surface area contributed by atoms with E-state index in [0.29, 0.717) is 6.42 Å². The van der Waals surface area contributed by atoms with Gasteiger partial charge in [-0.25, -0.2) is 10.9 Å². The first-order chi connectivity index (χ1) is 8.52. The van der Waals surface area contributed by atoms with Gasteiger partial charge in [-0.15, -0.1) is 0 Å². The fourth-order valence-electron chi connectivity index (χ4n) is 2.20. The number of hydrogen-bond acceptors (Lipinski definition) is 3. The molecule has 0 radical (unpaired) electrons. The van der Waals surface area contributed by atoms with Crippen molar-refractivity contribution in [3.8, 4) is 0 Å². The predicted octanol–water partition coefficient (Wildman–Crippen LogP) is 2.18. The number of benzene rings is 1. The van der Waals surface area contributed by atoms with Crippen LogP contribution in [0.2, 0.25) is 0 Å². The minimum atomic E-state index is -4.31. The first kappa shape index (κ1) is 13.3. The fourth-order valence-corrected chi connectivity index (χ4v) is 2.20. The monoisotopic (exact) mass is 259 g/mol. The first-order valence-corrected chi connectivity index (χ1v) is 5.93. The van der Waals surface area contributed by atoms with Crippen molar-refractivity contribution in [3.63, 3.8) is 0 Å². The highest BCUT2D eigenvalue weighted by atomic mass is 19.4. The third kappa shape index (κ3) is 2.82. The molecule has 2 rings (SSSR count). The van der Waals surface area contributed by atoms with Gasteiger partial charge in [-0.3, -0.25) is 0 Å². The highest BCUT2D eigenvalue weighted by molar-refractivity contribution is 5.32. The van der Waals surface area contributed by atoms with Crippen LogP contribution in [0.4, 0.5) is 13.2 Å². The van der Waals surface area contributed by atoms with Gasteiger partial charge in [0.1, 0.15) is 0 Å². The van der Waals surface area contributed by atoms with Crippen LogP contribution in [0.3, 0.4) is 0 Å². The molecule has 0 aromatic heterocycles. The summed E-state index contributed by atoms with van der Waals surface area (Å²) in [5.41, 5.74) is 5.59. The van der Waals surface area contributed by atoms with Gasteiger partial charge in [0.05, 0.1) is 11.7 Å². The van der Waals surface area contributed by atoms with Crippen molar-refractivity contribution in [2.75, 3.05) is 6.54 Å². The summed E-state index contributed by atoms with van der Waals surface area (Å²) in [5.74, 6) is 0. The predicted molar refractivity (Wildman–Crippen MR) is 62.5 cm³/mol. The second-order valence-corrected chi connectivity index (χ2v) is 4.27. The molecule has 1 saturated heterocycles. The molecule has 3 N–H and O–H groups in total. The summed E-state index contributed by atoms with van der Waals surface area (Å²) in [5, 5.41) is 3.15. The lowest BCUT2D eigenvalue weighted by Crippen LogP contribution is -2.40. The zero-order valence-electron chi connectivity index (χ0n) is 10.0. The van der Waals surface area contributed by atoms with Gasteiger partial charge in [-0.1, -0.05) is 25.1 Å². The molecule has 0 amide bonds. The molecule has 0 spiro atoms. The minimum absolute atomic E-state index is 0.00119. The lowest BCUT2D eigenvalue weighted by molar-refractivity contribution is -0.138. The van der Waals surface area contributed by atoms with Gasteiger partial charge in [0.15, 0.2) is 0 Å². The molecule has 1 aromatic rings. The highest BCUT2D eigenvalue weighted by Gasteiger charge is 2.36. The van der Waals surface area contributed by atoms with Crippen molar-refractivity contribution < 1.29 is 13.2 Å². The standard InChI is InChI=1S/C12H16F3N3/c1-2-16-11-7-10(17-18-11)8-5-3-4-6-9(8)12(13,14)15/h3-6,10-11,16-18H,2,7H2,1H3. The summed E-state index contributed by atoms with van der Waals surface area (Å²) in [6.07, 6.45) is -3.73. The van der Waals surface area contributed by atoms with E-state index in [1.165, 1.54) is 12.1 Å². The molecule has 0 bridgehead atoms. The second kappa shape index (κ2) is 5.26. The Bertz CT molecular complexity index is 406. The van der Waals surface area contributed by atoms with E-state index >= 15 is 0 Å². The summed E-state index contributed by atoms with van der Waals surface area (Å²) in [7, 11) is 0. The largest absolute Gasteiger partial charge is 0.416 e. The summed E-state index contributed by atoms with van der Waals surface area (Å²) >= 11 is 0. The number of halogens is 3. The normalized spacial score (nSPS) is 24.4. The van der Waals surface area contributed by atoms with Gasteiger partial charge in [-0.05, 0) is 24.6 Å². The molecule has 0 saturated carbocycles. The third-order valence-corrected chi connectivity index (χ3v) is 3.00. The minimum Gasteiger partial charge on any atom is -0.301 e. The number of hydrogen-bond donors (Lipinski definition) is 3. The first-order valence-electron chi connectivity index (χ1n) is 5.93. The van der Waals surface area contributed by atoms with E-state index in [1.54, 1.807) is 6.07 Å². The lowest BCUT2D eigenvalue weighted by Gasteiger charge is -2.17. The molecule has 100 valence electrons. The lowest BCUT2D eigenvalue weighted by atomic mass is 9.98. The van der Waals surface area contributed by atoms with Crippen LogP contribution in [-0.2, 0) is 6.18 Å². The van der Waals surface area contributed by atoms with Crippen molar-refractivity contribution in [1.29, 1.82) is 0 Å². The maximum absolute atomic E-state index is 12.9. The van der Waals surface area contributed by atoms with Crippen LogP contribution in [0, 0.1) is 0 Å². The average molecular weight is 259 g/mol. The smallest absolute Gasteiger partial charge is 0.301 e. The highest BCUT2D eigenvalue weighted by Crippen LogP contribution is 2.36. The zero-order valence-corrected chi connectivity index (χ0v) is 10.0. The van der Waals surface area contributed by atoms with Crippen molar-refractivity contribution in [2.24, 2.45) is 0 Å². The Morgan fingerprint density at radius 2 is 2.00 bits per heavy atom. The van der Waals surface area contributed by atoms with E-state index in [-0.39, 0.29) is 17.8 Å². The van der Waals surface area contributed by atoms with Crippen LogP contribution in [0.25, 0.3) is 0 Å². The third-order valence-electron chi connectivity index (χ3n) is 3.00. The van der Waals surface area contributed by atoms with E-state index in [9.17, 15) is 13.2 Å². The molecule has 1 aliphatic heterocycles. The van der Waals surface area contributed by atoms with Crippen LogP contribution in [0.5, 0.6) is 0 Å².